The van der Waals surface area contributed by atoms with Crippen molar-refractivity contribution in [2.24, 2.45) is 0 Å². The van der Waals surface area contributed by atoms with Crippen molar-refractivity contribution in [3.05, 3.63) is 59.7 Å². The van der Waals surface area contributed by atoms with Gasteiger partial charge in [-0.05, 0) is 18.6 Å². The Morgan fingerprint density at radius 1 is 1.32 bits per heavy atom. The lowest BCUT2D eigenvalue weighted by atomic mass is 10.1. The van der Waals surface area contributed by atoms with Gasteiger partial charge < -0.3 is 14.9 Å². The molecule has 0 saturated carbocycles. The number of ether oxygens (including phenoxy) is 1. The van der Waals surface area contributed by atoms with E-state index in [4.69, 9.17) is 9.84 Å². The zero-order valence-electron chi connectivity index (χ0n) is 10.4. The van der Waals surface area contributed by atoms with Crippen molar-refractivity contribution in [2.45, 2.75) is 18.6 Å². The summed E-state index contributed by atoms with van der Waals surface area (Å²) in [5.74, 6) is -0.311. The van der Waals surface area contributed by atoms with Crippen LogP contribution in [0.15, 0.2) is 48.6 Å². The molecule has 0 spiro atoms. The molecule has 4 nitrogen and oxygen atoms in total. The van der Waals surface area contributed by atoms with Gasteiger partial charge in [0.2, 0.25) is 0 Å². The van der Waals surface area contributed by atoms with Gasteiger partial charge in [0.25, 0.3) is 0 Å². The second-order valence-corrected chi connectivity index (χ2v) is 4.26. The Kier molecular flexibility index (Phi) is 4.49. The minimum atomic E-state index is -0.659. The minimum Gasteiger partial charge on any atom is -0.450 e. The number of hydrogen-bond acceptors (Lipinski definition) is 4. The Morgan fingerprint density at radius 2 is 2.11 bits per heavy atom. The number of fused-ring (bicyclic) bond motifs is 1. The summed E-state index contributed by atoms with van der Waals surface area (Å²) in [6, 6.07) is 7.27. The molecule has 1 heterocycles. The summed E-state index contributed by atoms with van der Waals surface area (Å²) in [7, 11) is 0. The number of esters is 1. The van der Waals surface area contributed by atoms with Crippen LogP contribution in [0.3, 0.4) is 0 Å². The molecule has 0 aliphatic carbocycles. The SMILES string of the molecule is O=C1OC(/C=C/C=C/C(O)CCO)c2ccccc21. The summed E-state index contributed by atoms with van der Waals surface area (Å²) in [6.07, 6.45) is 6.01. The van der Waals surface area contributed by atoms with Crippen LogP contribution in [0.1, 0.15) is 28.4 Å². The average molecular weight is 260 g/mol. The average Bonchev–Trinajstić information content (AvgIpc) is 2.73. The fraction of sp³-hybridized carbons (Fsp3) is 0.267. The highest BCUT2D eigenvalue weighted by atomic mass is 16.5. The van der Waals surface area contributed by atoms with Crippen LogP contribution in [0.25, 0.3) is 0 Å². The van der Waals surface area contributed by atoms with Gasteiger partial charge in [0.1, 0.15) is 6.10 Å². The van der Waals surface area contributed by atoms with E-state index in [2.05, 4.69) is 0 Å². The zero-order chi connectivity index (χ0) is 13.7. The Labute approximate surface area is 111 Å². The summed E-state index contributed by atoms with van der Waals surface area (Å²) >= 11 is 0. The van der Waals surface area contributed by atoms with Crippen molar-refractivity contribution in [3.63, 3.8) is 0 Å². The molecule has 2 atom stereocenters. The van der Waals surface area contributed by atoms with Crippen molar-refractivity contribution in [1.29, 1.82) is 0 Å². The molecule has 0 saturated heterocycles. The van der Waals surface area contributed by atoms with Crippen molar-refractivity contribution < 1.29 is 19.7 Å². The Balaban J connectivity index is 2.00. The summed E-state index contributed by atoms with van der Waals surface area (Å²) in [5.41, 5.74) is 1.45. The molecule has 1 aliphatic rings. The fourth-order valence-corrected chi connectivity index (χ4v) is 1.90. The highest BCUT2D eigenvalue weighted by molar-refractivity contribution is 5.94. The van der Waals surface area contributed by atoms with E-state index in [0.717, 1.165) is 5.56 Å². The van der Waals surface area contributed by atoms with Gasteiger partial charge in [0.15, 0.2) is 0 Å². The molecule has 19 heavy (non-hydrogen) atoms. The van der Waals surface area contributed by atoms with Gasteiger partial charge >= 0.3 is 5.97 Å². The van der Waals surface area contributed by atoms with E-state index in [1.54, 1.807) is 36.4 Å². The summed E-state index contributed by atoms with van der Waals surface area (Å²) < 4.78 is 5.22. The van der Waals surface area contributed by atoms with E-state index in [1.807, 2.05) is 12.1 Å². The number of carbonyl (C=O) groups excluding carboxylic acids is 1. The van der Waals surface area contributed by atoms with Gasteiger partial charge in [0, 0.05) is 12.2 Å². The molecule has 2 unspecified atom stereocenters. The largest absolute Gasteiger partial charge is 0.450 e. The Hall–Kier alpha value is -1.91. The van der Waals surface area contributed by atoms with E-state index in [1.165, 1.54) is 0 Å². The number of aliphatic hydroxyl groups excluding tert-OH is 2. The maximum Gasteiger partial charge on any atom is 0.339 e. The van der Waals surface area contributed by atoms with Gasteiger partial charge in [-0.25, -0.2) is 4.79 Å². The van der Waals surface area contributed by atoms with Crippen molar-refractivity contribution in [2.75, 3.05) is 6.61 Å². The lowest BCUT2D eigenvalue weighted by molar-refractivity contribution is 0.0467. The van der Waals surface area contributed by atoms with E-state index < -0.39 is 6.10 Å². The normalized spacial score (nSPS) is 19.9. The first-order valence-electron chi connectivity index (χ1n) is 6.16. The first-order chi connectivity index (χ1) is 9.22. The molecule has 0 amide bonds. The van der Waals surface area contributed by atoms with Crippen LogP contribution < -0.4 is 0 Å². The van der Waals surface area contributed by atoms with Crippen LogP contribution in [0.5, 0.6) is 0 Å². The van der Waals surface area contributed by atoms with E-state index in [0.29, 0.717) is 12.0 Å². The number of hydrogen-bond donors (Lipinski definition) is 2. The number of rotatable bonds is 5. The maximum absolute atomic E-state index is 11.6. The highest BCUT2D eigenvalue weighted by Gasteiger charge is 2.28. The lowest BCUT2D eigenvalue weighted by Crippen LogP contribution is -2.03. The quantitative estimate of drug-likeness (QED) is 0.625. The number of carbonyl (C=O) groups is 1. The number of benzene rings is 1. The molecular formula is C15H16O4. The third-order valence-electron chi connectivity index (χ3n) is 2.88. The van der Waals surface area contributed by atoms with Gasteiger partial charge in [-0.1, -0.05) is 36.4 Å². The molecule has 4 heteroatoms. The molecule has 0 fully saturated rings. The lowest BCUT2D eigenvalue weighted by Gasteiger charge is -2.03. The van der Waals surface area contributed by atoms with Crippen LogP contribution in [-0.2, 0) is 4.74 Å². The fourth-order valence-electron chi connectivity index (χ4n) is 1.90. The summed E-state index contributed by atoms with van der Waals surface area (Å²) in [6.45, 7) is -0.0527. The second kappa shape index (κ2) is 6.31. The minimum absolute atomic E-state index is 0.0527. The number of aliphatic hydroxyl groups is 2. The van der Waals surface area contributed by atoms with Crippen molar-refractivity contribution in [1.82, 2.24) is 0 Å². The predicted octanol–water partition coefficient (Wildman–Crippen LogP) is 1.75. The van der Waals surface area contributed by atoms with E-state index in [-0.39, 0.29) is 18.7 Å². The van der Waals surface area contributed by atoms with Crippen molar-refractivity contribution in [3.8, 4) is 0 Å². The van der Waals surface area contributed by atoms with E-state index in [9.17, 15) is 9.90 Å². The topological polar surface area (TPSA) is 66.8 Å². The summed E-state index contributed by atoms with van der Waals surface area (Å²) in [4.78, 5) is 11.6. The molecule has 100 valence electrons. The smallest absolute Gasteiger partial charge is 0.339 e. The zero-order valence-corrected chi connectivity index (χ0v) is 10.4. The maximum atomic E-state index is 11.6. The Bertz CT molecular complexity index is 505. The van der Waals surface area contributed by atoms with Crippen molar-refractivity contribution >= 4 is 5.97 Å². The van der Waals surface area contributed by atoms with E-state index >= 15 is 0 Å². The van der Waals surface area contributed by atoms with Crippen LogP contribution >= 0.6 is 0 Å². The molecule has 0 bridgehead atoms. The first kappa shape index (κ1) is 13.5. The van der Waals surface area contributed by atoms with Crippen LogP contribution in [0, 0.1) is 0 Å². The molecule has 1 aromatic rings. The van der Waals surface area contributed by atoms with Gasteiger partial charge in [-0.15, -0.1) is 0 Å². The summed E-state index contributed by atoms with van der Waals surface area (Å²) in [5, 5.41) is 18.0. The molecule has 1 aliphatic heterocycles. The molecule has 2 N–H and O–H groups in total. The van der Waals surface area contributed by atoms with Gasteiger partial charge in [-0.3, -0.25) is 0 Å². The Morgan fingerprint density at radius 3 is 2.89 bits per heavy atom. The number of cyclic esters (lactones) is 1. The van der Waals surface area contributed by atoms with Gasteiger partial charge in [0.05, 0.1) is 11.7 Å². The molecule has 1 aromatic carbocycles. The van der Waals surface area contributed by atoms with Crippen LogP contribution in [0.2, 0.25) is 0 Å². The van der Waals surface area contributed by atoms with Crippen LogP contribution in [0.4, 0.5) is 0 Å². The standard InChI is InChI=1S/C15H16O4/c16-10-9-11(17)5-1-4-8-14-12-6-2-3-7-13(12)15(18)19-14/h1-8,11,14,16-17H,9-10H2/b5-1+,8-4+. The number of allylic oxidation sites excluding steroid dienone is 2. The molecule has 0 aromatic heterocycles. The molecule has 0 radical (unpaired) electrons. The molecular weight excluding hydrogens is 244 g/mol. The predicted molar refractivity (Wildman–Crippen MR) is 70.6 cm³/mol. The van der Waals surface area contributed by atoms with Gasteiger partial charge in [-0.2, -0.15) is 0 Å². The molecule has 2 rings (SSSR count). The second-order valence-electron chi connectivity index (χ2n) is 4.26. The first-order valence-corrected chi connectivity index (χ1v) is 6.16. The third-order valence-corrected chi connectivity index (χ3v) is 2.88. The van der Waals surface area contributed by atoms with Crippen LogP contribution in [-0.4, -0.2) is 28.9 Å². The highest BCUT2D eigenvalue weighted by Crippen LogP contribution is 2.31. The monoisotopic (exact) mass is 260 g/mol. The third kappa shape index (κ3) is 3.30.